The minimum atomic E-state index is -0.289. The van der Waals surface area contributed by atoms with Crippen molar-refractivity contribution in [3.63, 3.8) is 0 Å². The summed E-state index contributed by atoms with van der Waals surface area (Å²) in [6, 6.07) is 22.9. The number of carbonyl (C=O) groups excluding carboxylic acids is 2. The van der Waals surface area contributed by atoms with E-state index in [4.69, 9.17) is 9.47 Å². The van der Waals surface area contributed by atoms with Crippen molar-refractivity contribution in [1.29, 1.82) is 0 Å². The van der Waals surface area contributed by atoms with Crippen LogP contribution in [0.5, 0.6) is 11.5 Å². The number of nitrogens with one attached hydrogen (secondary N) is 2. The molecule has 0 aromatic heterocycles. The highest BCUT2D eigenvalue weighted by molar-refractivity contribution is 5.97. The van der Waals surface area contributed by atoms with Crippen LogP contribution in [0, 0.1) is 0 Å². The predicted molar refractivity (Wildman–Crippen MR) is 110 cm³/mol. The molecule has 3 aromatic carbocycles. The SMILES string of the molecule is O=C(COc1ccccc1Cc1ccccc1)Nc1ccc2c(c1)NC(=O)CO2. The van der Waals surface area contributed by atoms with E-state index in [1.807, 2.05) is 42.5 Å². The van der Waals surface area contributed by atoms with Crippen LogP contribution in [0.25, 0.3) is 0 Å². The van der Waals surface area contributed by atoms with Gasteiger partial charge in [-0.3, -0.25) is 9.59 Å². The second kappa shape index (κ2) is 8.48. The quantitative estimate of drug-likeness (QED) is 0.676. The van der Waals surface area contributed by atoms with Gasteiger partial charge in [-0.2, -0.15) is 0 Å². The molecular weight excluding hydrogens is 368 g/mol. The van der Waals surface area contributed by atoms with Crippen molar-refractivity contribution in [2.45, 2.75) is 6.42 Å². The van der Waals surface area contributed by atoms with Crippen LogP contribution in [-0.4, -0.2) is 25.0 Å². The van der Waals surface area contributed by atoms with E-state index in [1.165, 1.54) is 5.56 Å². The largest absolute Gasteiger partial charge is 0.483 e. The zero-order valence-corrected chi connectivity index (χ0v) is 15.7. The third-order valence-corrected chi connectivity index (χ3v) is 4.46. The van der Waals surface area contributed by atoms with Crippen LogP contribution in [0.4, 0.5) is 11.4 Å². The van der Waals surface area contributed by atoms with Gasteiger partial charge in [0.05, 0.1) is 5.69 Å². The Bertz CT molecular complexity index is 1030. The maximum Gasteiger partial charge on any atom is 0.262 e. The van der Waals surface area contributed by atoms with Crippen LogP contribution in [0.3, 0.4) is 0 Å². The lowest BCUT2D eigenvalue weighted by molar-refractivity contribution is -0.119. The van der Waals surface area contributed by atoms with Gasteiger partial charge in [-0.25, -0.2) is 0 Å². The van der Waals surface area contributed by atoms with Crippen LogP contribution in [0.1, 0.15) is 11.1 Å². The van der Waals surface area contributed by atoms with Crippen LogP contribution in [-0.2, 0) is 16.0 Å². The number of fused-ring (bicyclic) bond motifs is 1. The number of hydrogen-bond donors (Lipinski definition) is 2. The summed E-state index contributed by atoms with van der Waals surface area (Å²) in [5.74, 6) is 0.744. The Labute approximate surface area is 168 Å². The summed E-state index contributed by atoms with van der Waals surface area (Å²) in [7, 11) is 0. The first-order valence-electron chi connectivity index (χ1n) is 9.28. The second-order valence-electron chi connectivity index (χ2n) is 6.65. The molecule has 2 amide bonds. The first-order valence-corrected chi connectivity index (χ1v) is 9.28. The lowest BCUT2D eigenvalue weighted by Gasteiger charge is -2.18. The van der Waals surface area contributed by atoms with E-state index >= 15 is 0 Å². The number of benzene rings is 3. The lowest BCUT2D eigenvalue weighted by atomic mass is 10.0. The van der Waals surface area contributed by atoms with E-state index in [9.17, 15) is 9.59 Å². The Morgan fingerprint density at radius 2 is 1.83 bits per heavy atom. The van der Waals surface area contributed by atoms with E-state index in [1.54, 1.807) is 18.2 Å². The third-order valence-electron chi connectivity index (χ3n) is 4.46. The highest BCUT2D eigenvalue weighted by Gasteiger charge is 2.16. The summed E-state index contributed by atoms with van der Waals surface area (Å²) in [5.41, 5.74) is 3.28. The molecule has 1 aliphatic heterocycles. The molecule has 6 heteroatoms. The number of para-hydroxylation sites is 1. The number of ether oxygens (including phenoxy) is 2. The Kier molecular flexibility index (Phi) is 5.42. The van der Waals surface area contributed by atoms with Gasteiger partial charge in [0.2, 0.25) is 0 Å². The number of rotatable bonds is 6. The molecule has 0 fully saturated rings. The van der Waals surface area contributed by atoms with E-state index < -0.39 is 0 Å². The lowest BCUT2D eigenvalue weighted by Crippen LogP contribution is -2.25. The average molecular weight is 388 g/mol. The molecule has 29 heavy (non-hydrogen) atoms. The topological polar surface area (TPSA) is 76.7 Å². The van der Waals surface area contributed by atoms with Crippen molar-refractivity contribution in [1.82, 2.24) is 0 Å². The molecule has 1 aliphatic rings. The fourth-order valence-electron chi connectivity index (χ4n) is 3.11. The fraction of sp³-hybridized carbons (Fsp3) is 0.130. The minimum absolute atomic E-state index is 0.00502. The van der Waals surface area contributed by atoms with E-state index in [0.717, 1.165) is 12.0 Å². The summed E-state index contributed by atoms with van der Waals surface area (Å²) in [6.45, 7) is -0.124. The molecule has 4 rings (SSSR count). The normalized spacial score (nSPS) is 12.3. The maximum absolute atomic E-state index is 12.3. The predicted octanol–water partition coefficient (Wildman–Crippen LogP) is 3.63. The molecule has 0 bridgehead atoms. The van der Waals surface area contributed by atoms with Gasteiger partial charge in [-0.15, -0.1) is 0 Å². The molecule has 0 saturated carbocycles. The summed E-state index contributed by atoms with van der Waals surface area (Å²) >= 11 is 0. The van der Waals surface area contributed by atoms with Crippen molar-refractivity contribution < 1.29 is 19.1 Å². The van der Waals surface area contributed by atoms with Crippen molar-refractivity contribution in [3.05, 3.63) is 83.9 Å². The van der Waals surface area contributed by atoms with Gasteiger partial charge < -0.3 is 20.1 Å². The second-order valence-corrected chi connectivity index (χ2v) is 6.65. The van der Waals surface area contributed by atoms with Crippen molar-refractivity contribution in [2.75, 3.05) is 23.8 Å². The average Bonchev–Trinajstić information content (AvgIpc) is 2.73. The molecule has 2 N–H and O–H groups in total. The number of carbonyl (C=O) groups is 2. The first kappa shape index (κ1) is 18.6. The Balaban J connectivity index is 1.38. The molecule has 0 saturated heterocycles. The number of amides is 2. The van der Waals surface area contributed by atoms with Gasteiger partial charge >= 0.3 is 0 Å². The monoisotopic (exact) mass is 388 g/mol. The van der Waals surface area contributed by atoms with Gasteiger partial charge in [0.25, 0.3) is 11.8 Å². The van der Waals surface area contributed by atoms with Crippen molar-refractivity contribution in [2.24, 2.45) is 0 Å². The third kappa shape index (κ3) is 4.73. The first-order chi connectivity index (χ1) is 14.2. The van der Waals surface area contributed by atoms with Gasteiger partial charge in [0.15, 0.2) is 13.2 Å². The van der Waals surface area contributed by atoms with E-state index in [-0.39, 0.29) is 25.0 Å². The molecule has 1 heterocycles. The molecule has 0 radical (unpaired) electrons. The Hall–Kier alpha value is -3.80. The molecule has 0 spiro atoms. The number of hydrogen-bond acceptors (Lipinski definition) is 4. The molecule has 3 aromatic rings. The molecule has 6 nitrogen and oxygen atoms in total. The van der Waals surface area contributed by atoms with Gasteiger partial charge in [-0.1, -0.05) is 48.5 Å². The van der Waals surface area contributed by atoms with E-state index in [2.05, 4.69) is 22.8 Å². The van der Waals surface area contributed by atoms with Gasteiger partial charge in [-0.05, 0) is 35.4 Å². The zero-order valence-electron chi connectivity index (χ0n) is 15.7. The number of anilines is 2. The smallest absolute Gasteiger partial charge is 0.262 e. The molecule has 146 valence electrons. The van der Waals surface area contributed by atoms with Crippen LogP contribution < -0.4 is 20.1 Å². The summed E-state index contributed by atoms with van der Waals surface area (Å²) in [6.07, 6.45) is 0.725. The highest BCUT2D eigenvalue weighted by atomic mass is 16.5. The molecular formula is C23H20N2O4. The maximum atomic E-state index is 12.3. The van der Waals surface area contributed by atoms with Crippen LogP contribution >= 0.6 is 0 Å². The van der Waals surface area contributed by atoms with Crippen molar-refractivity contribution >= 4 is 23.2 Å². The Morgan fingerprint density at radius 3 is 2.69 bits per heavy atom. The molecule has 0 aliphatic carbocycles. The van der Waals surface area contributed by atoms with Crippen LogP contribution in [0.2, 0.25) is 0 Å². The molecule has 0 atom stereocenters. The van der Waals surface area contributed by atoms with Gasteiger partial charge in [0.1, 0.15) is 11.5 Å². The zero-order chi connectivity index (χ0) is 20.1. The fourth-order valence-corrected chi connectivity index (χ4v) is 3.11. The van der Waals surface area contributed by atoms with E-state index in [0.29, 0.717) is 22.9 Å². The highest BCUT2D eigenvalue weighted by Crippen LogP contribution is 2.30. The summed E-state index contributed by atoms with van der Waals surface area (Å²) in [4.78, 5) is 23.8. The van der Waals surface area contributed by atoms with Crippen molar-refractivity contribution in [3.8, 4) is 11.5 Å². The summed E-state index contributed by atoms with van der Waals surface area (Å²) in [5, 5.41) is 5.49. The van der Waals surface area contributed by atoms with Gasteiger partial charge in [0, 0.05) is 12.1 Å². The summed E-state index contributed by atoms with van der Waals surface area (Å²) < 4.78 is 11.1. The standard InChI is InChI=1S/C23H20N2O4/c26-22(24-18-10-11-21-19(13-18)25-23(27)15-29-21)14-28-20-9-5-4-8-17(20)12-16-6-2-1-3-7-16/h1-11,13H,12,14-15H2,(H,24,26)(H,25,27). The Morgan fingerprint density at radius 1 is 1.03 bits per heavy atom. The molecule has 0 unspecified atom stereocenters. The van der Waals surface area contributed by atoms with Crippen LogP contribution in [0.15, 0.2) is 72.8 Å². The minimum Gasteiger partial charge on any atom is -0.483 e.